The third-order valence-electron chi connectivity index (χ3n) is 12.8. The molecule has 4 aliphatic heterocycles. The van der Waals surface area contributed by atoms with Crippen LogP contribution in [0.3, 0.4) is 0 Å². The van der Waals surface area contributed by atoms with Crippen LogP contribution >= 0.6 is 0 Å². The number of likely N-dealkylation sites (tertiary alicyclic amines) is 2. The first-order valence-electron chi connectivity index (χ1n) is 22.2. The molecule has 0 radical (unpaired) electrons. The number of para-hydroxylation sites is 1. The zero-order valence-electron chi connectivity index (χ0n) is 37.1. The van der Waals surface area contributed by atoms with E-state index in [0.29, 0.717) is 65.9 Å². The zero-order chi connectivity index (χ0) is 47.5. The Morgan fingerprint density at radius 3 is 1.60 bits per heavy atom. The van der Waals surface area contributed by atoms with E-state index < -0.39 is 11.8 Å². The number of halogens is 4. The molecule has 2 amide bonds. The van der Waals surface area contributed by atoms with Gasteiger partial charge in [-0.2, -0.15) is 10.2 Å². The summed E-state index contributed by atoms with van der Waals surface area (Å²) in [4.78, 5) is 68.5. The van der Waals surface area contributed by atoms with Gasteiger partial charge < -0.3 is 29.8 Å². The molecule has 2 fully saturated rings. The van der Waals surface area contributed by atoms with Crippen LogP contribution in [0.2, 0.25) is 0 Å². The summed E-state index contributed by atoms with van der Waals surface area (Å²) in [5.74, 6) is -4.72. The lowest BCUT2D eigenvalue weighted by Gasteiger charge is -2.38. The number of piperidine rings is 2. The molecule has 7 aromatic rings. The molecule has 0 saturated carbocycles. The number of alkyl halides is 4. The van der Waals surface area contributed by atoms with Gasteiger partial charge in [-0.05, 0) is 36.4 Å². The minimum atomic E-state index is -2.73. The molecule has 0 atom stereocenters. The van der Waals surface area contributed by atoms with Gasteiger partial charge in [0.15, 0.2) is 22.9 Å². The van der Waals surface area contributed by atoms with Gasteiger partial charge in [-0.25, -0.2) is 46.5 Å². The summed E-state index contributed by atoms with van der Waals surface area (Å²) in [6, 6.07) is 20.6. The monoisotopic (exact) mass is 934 g/mol. The number of amides is 2. The Bertz CT molecular complexity index is 3190. The van der Waals surface area contributed by atoms with Crippen molar-refractivity contribution in [2.75, 3.05) is 72.4 Å². The van der Waals surface area contributed by atoms with Crippen LogP contribution in [-0.2, 0) is 14.1 Å². The lowest BCUT2D eigenvalue weighted by atomic mass is 10.1. The van der Waals surface area contributed by atoms with E-state index in [1.165, 1.54) is 40.4 Å². The van der Waals surface area contributed by atoms with E-state index in [1.807, 2.05) is 64.4 Å². The Morgan fingerprint density at radius 2 is 1.06 bits per heavy atom. The van der Waals surface area contributed by atoms with E-state index in [4.69, 9.17) is 4.98 Å². The van der Waals surface area contributed by atoms with Crippen molar-refractivity contribution in [3.8, 4) is 0 Å². The topological polar surface area (TPSA) is 167 Å². The standard InChI is InChI=1S/C26H25F2N7O2.C20H21F2N7O2/c1-31-25(37)35-10-7-20(16-22(35)30-31)34-14-13-33(19-5-3-2-4-6-19)21-15-18(17-29-23(21)34)24(36)32-11-8-26(27,28)9-12-32;1-26-19(31)29-6-2-14(11-16(29)25-26)28-9-5-23-15-10-13(12-24-17(15)28)18(30)27-7-3-20(21,22)4-8-27/h2-7,10,15-17H,8-9,11-14H2,1H3;2,6,10-12,23H,3-5,7-9H2,1H3. The first-order chi connectivity index (χ1) is 32.6. The molecule has 6 aromatic heterocycles. The molecule has 11 rings (SSSR count). The first-order valence-corrected chi connectivity index (χ1v) is 22.2. The maximum absolute atomic E-state index is 13.6. The van der Waals surface area contributed by atoms with Gasteiger partial charge in [0.2, 0.25) is 0 Å². The lowest BCUT2D eigenvalue weighted by molar-refractivity contribution is -0.0503. The molecule has 4 aliphatic rings. The summed E-state index contributed by atoms with van der Waals surface area (Å²) in [6.45, 7) is 2.59. The van der Waals surface area contributed by atoms with E-state index in [2.05, 4.69) is 25.4 Å². The summed E-state index contributed by atoms with van der Waals surface area (Å²) in [5, 5.41) is 11.8. The van der Waals surface area contributed by atoms with E-state index in [-0.39, 0.29) is 75.1 Å². The number of nitrogens with zero attached hydrogens (tertiary/aromatic N) is 13. The van der Waals surface area contributed by atoms with Crippen LogP contribution in [-0.4, -0.2) is 124 Å². The number of aromatic nitrogens is 8. The maximum atomic E-state index is 13.6. The highest BCUT2D eigenvalue weighted by Gasteiger charge is 2.38. The molecule has 2 saturated heterocycles. The van der Waals surface area contributed by atoms with Crippen LogP contribution in [0, 0.1) is 0 Å². The summed E-state index contributed by atoms with van der Waals surface area (Å²) < 4.78 is 59.6. The van der Waals surface area contributed by atoms with Gasteiger partial charge in [0.1, 0.15) is 0 Å². The Morgan fingerprint density at radius 1 is 0.574 bits per heavy atom. The molecular formula is C46H46F4N14O4. The predicted octanol–water partition coefficient (Wildman–Crippen LogP) is 5.45. The van der Waals surface area contributed by atoms with Crippen LogP contribution in [0.15, 0.2) is 101 Å². The minimum Gasteiger partial charge on any atom is -0.380 e. The molecule has 18 nitrogen and oxygen atoms in total. The largest absolute Gasteiger partial charge is 0.380 e. The lowest BCUT2D eigenvalue weighted by Crippen LogP contribution is -2.43. The summed E-state index contributed by atoms with van der Waals surface area (Å²) >= 11 is 0. The zero-order valence-corrected chi connectivity index (χ0v) is 37.1. The fourth-order valence-electron chi connectivity index (χ4n) is 9.01. The fourth-order valence-corrected chi connectivity index (χ4v) is 9.01. The number of anilines is 7. The van der Waals surface area contributed by atoms with E-state index in [9.17, 15) is 36.7 Å². The van der Waals surface area contributed by atoms with E-state index in [0.717, 1.165) is 22.7 Å². The third-order valence-corrected chi connectivity index (χ3v) is 12.8. The summed E-state index contributed by atoms with van der Waals surface area (Å²) in [5.41, 5.74) is 5.35. The molecular weight excluding hydrogens is 889 g/mol. The number of fused-ring (bicyclic) bond motifs is 4. The smallest absolute Gasteiger partial charge is 0.350 e. The maximum Gasteiger partial charge on any atom is 0.350 e. The average Bonchev–Trinajstić information content (AvgIpc) is 3.80. The second-order valence-corrected chi connectivity index (χ2v) is 17.2. The minimum absolute atomic E-state index is 0.0148. The molecule has 1 N–H and O–H groups in total. The third kappa shape index (κ3) is 8.34. The van der Waals surface area contributed by atoms with Crippen molar-refractivity contribution >= 4 is 63.2 Å². The Labute approximate surface area is 385 Å². The van der Waals surface area contributed by atoms with Crippen molar-refractivity contribution in [2.24, 2.45) is 14.1 Å². The van der Waals surface area contributed by atoms with Crippen molar-refractivity contribution in [1.82, 2.24) is 48.1 Å². The predicted molar refractivity (Wildman–Crippen MR) is 245 cm³/mol. The number of benzene rings is 1. The van der Waals surface area contributed by atoms with Crippen molar-refractivity contribution in [3.63, 3.8) is 0 Å². The fraction of sp³-hybridized carbons (Fsp3) is 0.348. The van der Waals surface area contributed by atoms with Crippen LogP contribution in [0.4, 0.5) is 57.6 Å². The van der Waals surface area contributed by atoms with Gasteiger partial charge in [0.25, 0.3) is 23.7 Å². The second kappa shape index (κ2) is 17.1. The molecule has 10 heterocycles. The van der Waals surface area contributed by atoms with Crippen LogP contribution in [0.25, 0.3) is 11.3 Å². The van der Waals surface area contributed by atoms with Crippen LogP contribution in [0.1, 0.15) is 46.4 Å². The number of nitrogens with one attached hydrogen (secondary N) is 1. The van der Waals surface area contributed by atoms with Crippen LogP contribution < -0.4 is 31.4 Å². The van der Waals surface area contributed by atoms with Crippen molar-refractivity contribution in [1.29, 1.82) is 0 Å². The molecule has 0 unspecified atom stereocenters. The van der Waals surface area contributed by atoms with E-state index >= 15 is 0 Å². The van der Waals surface area contributed by atoms with Crippen LogP contribution in [0.5, 0.6) is 0 Å². The first kappa shape index (κ1) is 44.1. The SMILES string of the molecule is Cn1nc2cc(N3CCN(c4ccccc4)c4cc(C(=O)N5CCC(F)(F)CC5)cnc43)ccn2c1=O.Cn1nc2cc(N3CCNc4cc(C(=O)N5CCC(F)(F)CC5)cnc43)ccn2c1=O. The molecule has 1 aromatic carbocycles. The Hall–Kier alpha value is -7.78. The second-order valence-electron chi connectivity index (χ2n) is 17.2. The molecule has 22 heteroatoms. The Kier molecular flexibility index (Phi) is 11.1. The highest BCUT2D eigenvalue weighted by atomic mass is 19.3. The molecule has 352 valence electrons. The number of aryl methyl sites for hydroxylation is 2. The highest BCUT2D eigenvalue weighted by Crippen LogP contribution is 2.41. The molecule has 0 spiro atoms. The molecule has 0 aliphatic carbocycles. The number of rotatable bonds is 5. The number of hydrogen-bond acceptors (Lipinski definition) is 12. The number of carbonyl (C=O) groups excluding carboxylic acids is 2. The average molecular weight is 935 g/mol. The van der Waals surface area contributed by atoms with Crippen molar-refractivity contribution < 1.29 is 27.2 Å². The van der Waals surface area contributed by atoms with Crippen molar-refractivity contribution in [3.05, 3.63) is 124 Å². The Balaban J connectivity index is 0.000000161. The van der Waals surface area contributed by atoms with Gasteiger partial charge >= 0.3 is 11.4 Å². The van der Waals surface area contributed by atoms with Gasteiger partial charge in [0.05, 0.1) is 22.5 Å². The van der Waals surface area contributed by atoms with Gasteiger partial charge in [-0.1, -0.05) is 18.2 Å². The van der Waals surface area contributed by atoms with Gasteiger partial charge in [-0.3, -0.25) is 18.4 Å². The van der Waals surface area contributed by atoms with Gasteiger partial charge in [-0.15, -0.1) is 0 Å². The number of pyridine rings is 4. The normalized spacial score (nSPS) is 17.6. The highest BCUT2D eigenvalue weighted by molar-refractivity contribution is 5.97. The number of carbonyl (C=O) groups is 2. The quantitative estimate of drug-likeness (QED) is 0.217. The molecule has 68 heavy (non-hydrogen) atoms. The summed E-state index contributed by atoms with van der Waals surface area (Å²) in [6.07, 6.45) is 5.06. The molecule has 0 bridgehead atoms. The number of hydrogen-bond donors (Lipinski definition) is 1. The van der Waals surface area contributed by atoms with E-state index in [1.54, 1.807) is 38.6 Å². The van der Waals surface area contributed by atoms with Gasteiger partial charge in [0, 0.05) is 146 Å². The summed E-state index contributed by atoms with van der Waals surface area (Å²) in [7, 11) is 3.20. The van der Waals surface area contributed by atoms with Crippen molar-refractivity contribution in [2.45, 2.75) is 37.5 Å².